The Hall–Kier alpha value is -2.00. The fraction of sp³-hybridized carbons (Fsp3) is 0.400. The molecule has 0 spiro atoms. The predicted molar refractivity (Wildman–Crippen MR) is 98.1 cm³/mol. The van der Waals surface area contributed by atoms with E-state index in [0.717, 1.165) is 24.8 Å². The molecule has 128 valence electrons. The smallest absolute Gasteiger partial charge is 0.160 e. The Labute approximate surface area is 140 Å². The maximum absolute atomic E-state index is 9.25. The molecule has 1 rings (SSSR count). The van der Waals surface area contributed by atoms with Crippen LogP contribution in [0.5, 0.6) is 11.5 Å². The third-order valence-electron chi connectivity index (χ3n) is 3.16. The lowest BCUT2D eigenvalue weighted by Gasteiger charge is -2.04. The van der Waals surface area contributed by atoms with Crippen LogP contribution in [0.4, 0.5) is 0 Å². The molecule has 0 fully saturated rings. The van der Waals surface area contributed by atoms with E-state index >= 15 is 0 Å². The van der Waals surface area contributed by atoms with E-state index in [1.165, 1.54) is 18.3 Å². The summed E-state index contributed by atoms with van der Waals surface area (Å²) in [6, 6.07) is 5.27. The van der Waals surface area contributed by atoms with Crippen molar-refractivity contribution in [2.75, 3.05) is 13.7 Å². The third-order valence-corrected chi connectivity index (χ3v) is 3.16. The molecule has 3 heteroatoms. The van der Waals surface area contributed by atoms with Gasteiger partial charge in [-0.3, -0.25) is 0 Å². The second kappa shape index (κ2) is 12.5. The number of hydrogen-bond acceptors (Lipinski definition) is 3. The van der Waals surface area contributed by atoms with Gasteiger partial charge >= 0.3 is 0 Å². The molecule has 0 radical (unpaired) electrons. The molecule has 1 aromatic rings. The summed E-state index contributed by atoms with van der Waals surface area (Å²) in [5.41, 5.74) is 3.71. The first-order valence-electron chi connectivity index (χ1n) is 7.81. The lowest BCUT2D eigenvalue weighted by molar-refractivity contribution is 0.341. The highest BCUT2D eigenvalue weighted by Gasteiger charge is 2.00. The van der Waals surface area contributed by atoms with Crippen LogP contribution < -0.4 is 4.74 Å². The Kier molecular flexibility index (Phi) is 11.4. The molecule has 0 saturated heterocycles. The van der Waals surface area contributed by atoms with Gasteiger partial charge in [-0.2, -0.15) is 0 Å². The van der Waals surface area contributed by atoms with Crippen LogP contribution in [-0.4, -0.2) is 23.9 Å². The Morgan fingerprint density at radius 3 is 2.43 bits per heavy atom. The van der Waals surface area contributed by atoms with Crippen LogP contribution in [0.2, 0.25) is 0 Å². The van der Waals surface area contributed by atoms with Gasteiger partial charge in [0.1, 0.15) is 0 Å². The van der Waals surface area contributed by atoms with E-state index < -0.39 is 0 Å². The minimum Gasteiger partial charge on any atom is -0.504 e. The van der Waals surface area contributed by atoms with Crippen LogP contribution in [0.3, 0.4) is 0 Å². The van der Waals surface area contributed by atoms with Gasteiger partial charge < -0.3 is 14.9 Å². The van der Waals surface area contributed by atoms with Gasteiger partial charge in [0.15, 0.2) is 11.5 Å². The molecule has 0 aliphatic rings. The predicted octanol–water partition coefficient (Wildman–Crippen LogP) is 4.80. The number of allylic oxidation sites excluding steroid dienone is 4. The highest BCUT2D eigenvalue weighted by molar-refractivity contribution is 5.42. The standard InChI is InChI=1S/C10H12O2.C10H18O/c1-3-4-8-5-6-9(11)10(7-8)12-2;1-9(2)5-4-6-10(3)7-8-11/h3,5-7,11H,1,4H2,2H3;5,7,11H,4,6,8H2,1-3H3/b;10-7-. The normalized spacial score (nSPS) is 10.4. The van der Waals surface area contributed by atoms with Gasteiger partial charge in [0.2, 0.25) is 0 Å². The summed E-state index contributed by atoms with van der Waals surface area (Å²) in [6.07, 6.45) is 8.83. The van der Waals surface area contributed by atoms with Crippen molar-refractivity contribution in [3.05, 3.63) is 59.7 Å². The number of aromatic hydroxyl groups is 1. The summed E-state index contributed by atoms with van der Waals surface area (Å²) in [7, 11) is 1.53. The van der Waals surface area contributed by atoms with Crippen molar-refractivity contribution in [3.8, 4) is 11.5 Å². The zero-order valence-electron chi connectivity index (χ0n) is 14.8. The molecule has 23 heavy (non-hydrogen) atoms. The number of phenolic OH excluding ortho intramolecular Hbond substituents is 1. The van der Waals surface area contributed by atoms with Crippen molar-refractivity contribution in [1.82, 2.24) is 0 Å². The molecule has 0 bridgehead atoms. The molecule has 1 aromatic carbocycles. The van der Waals surface area contributed by atoms with Crippen LogP contribution in [0.25, 0.3) is 0 Å². The van der Waals surface area contributed by atoms with Gasteiger partial charge in [-0.25, -0.2) is 0 Å². The molecule has 3 nitrogen and oxygen atoms in total. The number of aliphatic hydroxyl groups is 1. The van der Waals surface area contributed by atoms with Crippen molar-refractivity contribution < 1.29 is 14.9 Å². The summed E-state index contributed by atoms with van der Waals surface area (Å²) in [5, 5.41) is 17.8. The maximum Gasteiger partial charge on any atom is 0.160 e. The monoisotopic (exact) mass is 318 g/mol. The maximum atomic E-state index is 9.25. The van der Waals surface area contributed by atoms with E-state index in [1.807, 2.05) is 18.2 Å². The number of rotatable bonds is 7. The van der Waals surface area contributed by atoms with Crippen molar-refractivity contribution >= 4 is 0 Å². The van der Waals surface area contributed by atoms with E-state index in [9.17, 15) is 5.11 Å². The third kappa shape index (κ3) is 10.4. The molecule has 0 aliphatic carbocycles. The minimum absolute atomic E-state index is 0.167. The minimum atomic E-state index is 0.167. The fourth-order valence-electron chi connectivity index (χ4n) is 1.86. The van der Waals surface area contributed by atoms with E-state index in [4.69, 9.17) is 9.84 Å². The topological polar surface area (TPSA) is 49.7 Å². The largest absolute Gasteiger partial charge is 0.504 e. The molecule has 2 N–H and O–H groups in total. The average Bonchev–Trinajstić information content (AvgIpc) is 2.50. The van der Waals surface area contributed by atoms with Crippen LogP contribution in [0.1, 0.15) is 39.2 Å². The van der Waals surface area contributed by atoms with Crippen molar-refractivity contribution in [2.45, 2.75) is 40.0 Å². The van der Waals surface area contributed by atoms with Gasteiger partial charge in [-0.1, -0.05) is 35.4 Å². The highest BCUT2D eigenvalue weighted by Crippen LogP contribution is 2.26. The van der Waals surface area contributed by atoms with Gasteiger partial charge in [-0.05, 0) is 57.7 Å². The van der Waals surface area contributed by atoms with Crippen molar-refractivity contribution in [1.29, 1.82) is 0 Å². The summed E-state index contributed by atoms with van der Waals surface area (Å²) >= 11 is 0. The Morgan fingerprint density at radius 2 is 1.91 bits per heavy atom. The first-order chi connectivity index (χ1) is 10.9. The zero-order chi connectivity index (χ0) is 17.7. The molecule has 0 saturated carbocycles. The summed E-state index contributed by atoms with van der Waals surface area (Å²) in [5.74, 6) is 0.680. The first-order valence-corrected chi connectivity index (χ1v) is 7.81. The number of ether oxygens (including phenoxy) is 1. The number of aliphatic hydroxyl groups excluding tert-OH is 1. The number of hydrogen-bond donors (Lipinski definition) is 2. The van der Waals surface area contributed by atoms with Gasteiger partial charge in [0, 0.05) is 0 Å². The summed E-state index contributed by atoms with van der Waals surface area (Å²) in [6.45, 7) is 10.1. The van der Waals surface area contributed by atoms with Crippen LogP contribution in [-0.2, 0) is 6.42 Å². The molecular weight excluding hydrogens is 288 g/mol. The Balaban J connectivity index is 0.000000423. The lowest BCUT2D eigenvalue weighted by Crippen LogP contribution is -1.86. The van der Waals surface area contributed by atoms with Gasteiger partial charge in [0.05, 0.1) is 13.7 Å². The second-order valence-electron chi connectivity index (χ2n) is 5.55. The van der Waals surface area contributed by atoms with E-state index in [0.29, 0.717) is 5.75 Å². The molecule has 0 aliphatic heterocycles. The average molecular weight is 318 g/mol. The van der Waals surface area contributed by atoms with E-state index in [1.54, 1.807) is 12.1 Å². The van der Waals surface area contributed by atoms with Crippen molar-refractivity contribution in [2.24, 2.45) is 0 Å². The van der Waals surface area contributed by atoms with Crippen LogP contribution >= 0.6 is 0 Å². The SMILES string of the molecule is C=CCc1ccc(O)c(OC)c1.CC(C)=CCC/C(C)=C\CO. The number of benzene rings is 1. The first kappa shape index (κ1) is 21.0. The highest BCUT2D eigenvalue weighted by atomic mass is 16.5. The quantitative estimate of drug-likeness (QED) is 0.710. The van der Waals surface area contributed by atoms with Crippen molar-refractivity contribution in [3.63, 3.8) is 0 Å². The molecule has 0 aromatic heterocycles. The number of methoxy groups -OCH3 is 1. The second-order valence-corrected chi connectivity index (χ2v) is 5.55. The lowest BCUT2D eigenvalue weighted by atomic mass is 10.1. The fourth-order valence-corrected chi connectivity index (χ4v) is 1.86. The Morgan fingerprint density at radius 1 is 1.22 bits per heavy atom. The number of phenols is 1. The van der Waals surface area contributed by atoms with E-state index in [2.05, 4.69) is 33.4 Å². The summed E-state index contributed by atoms with van der Waals surface area (Å²) in [4.78, 5) is 0. The molecule has 0 amide bonds. The molecule has 0 heterocycles. The van der Waals surface area contributed by atoms with Gasteiger partial charge in [-0.15, -0.1) is 6.58 Å². The van der Waals surface area contributed by atoms with Crippen LogP contribution in [0, 0.1) is 0 Å². The zero-order valence-corrected chi connectivity index (χ0v) is 14.8. The van der Waals surface area contributed by atoms with Gasteiger partial charge in [0.25, 0.3) is 0 Å². The summed E-state index contributed by atoms with van der Waals surface area (Å²) < 4.78 is 4.95. The Bertz CT molecular complexity index is 524. The molecular formula is C20H30O3. The molecule has 0 unspecified atom stereocenters. The molecule has 0 atom stereocenters. The van der Waals surface area contributed by atoms with Crippen LogP contribution in [0.15, 0.2) is 54.2 Å². The van der Waals surface area contributed by atoms with E-state index in [-0.39, 0.29) is 12.4 Å².